The zero-order chi connectivity index (χ0) is 16.0. The van der Waals surface area contributed by atoms with Gasteiger partial charge in [-0.2, -0.15) is 0 Å². The van der Waals surface area contributed by atoms with Crippen LogP contribution < -0.4 is 16.0 Å². The molecule has 0 atom stereocenters. The Hall–Kier alpha value is -1.95. The molecule has 1 aromatic carbocycles. The maximum atomic E-state index is 11.8. The maximum absolute atomic E-state index is 11.8. The van der Waals surface area contributed by atoms with Crippen LogP contribution in [0.15, 0.2) is 24.3 Å². The minimum atomic E-state index is -0.138. The smallest absolute Gasteiger partial charge is 0.251 e. The lowest BCUT2D eigenvalue weighted by Gasteiger charge is -2.12. The molecule has 3 N–H and O–H groups in total. The van der Waals surface area contributed by atoms with Crippen molar-refractivity contribution < 1.29 is 9.59 Å². The Balaban J connectivity index is 2.60. The highest BCUT2D eigenvalue weighted by Crippen LogP contribution is 2.09. The molecule has 0 bridgehead atoms. The van der Waals surface area contributed by atoms with E-state index in [1.165, 1.54) is 0 Å². The number of nitrogens with one attached hydrogen (secondary N) is 3. The lowest BCUT2D eigenvalue weighted by molar-refractivity contribution is -0.122. The zero-order valence-corrected chi connectivity index (χ0v) is 13.5. The van der Waals surface area contributed by atoms with Gasteiger partial charge in [0.1, 0.15) is 0 Å². The minimum Gasteiger partial charge on any atom is -0.350 e. The third-order valence-electron chi connectivity index (χ3n) is 2.59. The molecule has 21 heavy (non-hydrogen) atoms. The van der Waals surface area contributed by atoms with Crippen molar-refractivity contribution in [2.45, 2.75) is 33.7 Å². The molecule has 114 valence electrons. The van der Waals surface area contributed by atoms with Crippen LogP contribution in [0.1, 0.15) is 38.1 Å². The SMILES string of the molecule is CC(C)NC(=O)c1ccc(NC(=S)NC(=O)C(C)C)cc1. The summed E-state index contributed by atoms with van der Waals surface area (Å²) in [4.78, 5) is 23.3. The number of hydrogen-bond donors (Lipinski definition) is 3. The van der Waals surface area contributed by atoms with E-state index in [0.29, 0.717) is 11.3 Å². The van der Waals surface area contributed by atoms with Crippen molar-refractivity contribution in [3.05, 3.63) is 29.8 Å². The van der Waals surface area contributed by atoms with Gasteiger partial charge in [-0.15, -0.1) is 0 Å². The van der Waals surface area contributed by atoms with Gasteiger partial charge in [-0.1, -0.05) is 13.8 Å². The van der Waals surface area contributed by atoms with E-state index in [2.05, 4.69) is 16.0 Å². The summed E-state index contributed by atoms with van der Waals surface area (Å²) in [6.45, 7) is 7.40. The van der Waals surface area contributed by atoms with Crippen LogP contribution in [0.3, 0.4) is 0 Å². The summed E-state index contributed by atoms with van der Waals surface area (Å²) in [5.74, 6) is -0.389. The van der Waals surface area contributed by atoms with Gasteiger partial charge >= 0.3 is 0 Å². The van der Waals surface area contributed by atoms with Gasteiger partial charge in [0.2, 0.25) is 5.91 Å². The number of carbonyl (C=O) groups excluding carboxylic acids is 2. The summed E-state index contributed by atoms with van der Waals surface area (Å²) < 4.78 is 0. The van der Waals surface area contributed by atoms with Gasteiger partial charge in [-0.3, -0.25) is 9.59 Å². The summed E-state index contributed by atoms with van der Waals surface area (Å²) in [6.07, 6.45) is 0. The van der Waals surface area contributed by atoms with Gasteiger partial charge < -0.3 is 16.0 Å². The number of benzene rings is 1. The first kappa shape index (κ1) is 17.1. The predicted octanol–water partition coefficient (Wildman–Crippen LogP) is 2.29. The number of amides is 2. The van der Waals surface area contributed by atoms with Crippen LogP contribution in [-0.4, -0.2) is 23.0 Å². The number of carbonyl (C=O) groups is 2. The number of rotatable bonds is 4. The molecule has 0 radical (unpaired) electrons. The molecule has 0 heterocycles. The van der Waals surface area contributed by atoms with Gasteiger partial charge in [-0.05, 0) is 50.3 Å². The number of thiocarbonyl (C=S) groups is 1. The fraction of sp³-hybridized carbons (Fsp3) is 0.400. The van der Waals surface area contributed by atoms with Gasteiger partial charge in [0.15, 0.2) is 5.11 Å². The lowest BCUT2D eigenvalue weighted by Crippen LogP contribution is -2.36. The van der Waals surface area contributed by atoms with Crippen molar-refractivity contribution in [2.75, 3.05) is 5.32 Å². The summed E-state index contributed by atoms with van der Waals surface area (Å²) in [7, 11) is 0. The van der Waals surface area contributed by atoms with E-state index in [1.807, 2.05) is 13.8 Å². The van der Waals surface area contributed by atoms with Gasteiger partial charge in [0.05, 0.1) is 0 Å². The normalized spacial score (nSPS) is 10.4. The number of anilines is 1. The van der Waals surface area contributed by atoms with Crippen molar-refractivity contribution >= 4 is 34.8 Å². The molecule has 5 nitrogen and oxygen atoms in total. The van der Waals surface area contributed by atoms with E-state index in [1.54, 1.807) is 38.1 Å². The van der Waals surface area contributed by atoms with Gasteiger partial charge in [0.25, 0.3) is 5.91 Å². The van der Waals surface area contributed by atoms with Crippen LogP contribution in [0.25, 0.3) is 0 Å². The summed E-state index contributed by atoms with van der Waals surface area (Å²) in [5, 5.41) is 8.56. The van der Waals surface area contributed by atoms with Crippen molar-refractivity contribution in [1.82, 2.24) is 10.6 Å². The van der Waals surface area contributed by atoms with Crippen LogP contribution in [0.5, 0.6) is 0 Å². The summed E-state index contributed by atoms with van der Waals surface area (Å²) >= 11 is 5.05. The zero-order valence-electron chi connectivity index (χ0n) is 12.7. The quantitative estimate of drug-likeness (QED) is 0.747. The Bertz CT molecular complexity index is 524. The van der Waals surface area contributed by atoms with Gasteiger partial charge in [0, 0.05) is 23.2 Å². The van der Waals surface area contributed by atoms with Crippen molar-refractivity contribution in [1.29, 1.82) is 0 Å². The topological polar surface area (TPSA) is 70.2 Å². The summed E-state index contributed by atoms with van der Waals surface area (Å²) in [6, 6.07) is 6.97. The molecule has 0 aliphatic rings. The second-order valence-electron chi connectivity index (χ2n) is 5.30. The fourth-order valence-corrected chi connectivity index (χ4v) is 1.69. The van der Waals surface area contributed by atoms with E-state index in [9.17, 15) is 9.59 Å². The molecule has 0 aromatic heterocycles. The molecule has 0 fully saturated rings. The first-order valence-electron chi connectivity index (χ1n) is 6.82. The average Bonchev–Trinajstić information content (AvgIpc) is 2.38. The highest BCUT2D eigenvalue weighted by atomic mass is 32.1. The highest BCUT2D eigenvalue weighted by Gasteiger charge is 2.10. The number of hydrogen-bond acceptors (Lipinski definition) is 3. The van der Waals surface area contributed by atoms with E-state index in [0.717, 1.165) is 0 Å². The van der Waals surface area contributed by atoms with Crippen molar-refractivity contribution in [2.24, 2.45) is 5.92 Å². The molecule has 0 unspecified atom stereocenters. The van der Waals surface area contributed by atoms with Crippen LogP contribution in [0, 0.1) is 5.92 Å². The first-order valence-corrected chi connectivity index (χ1v) is 7.23. The largest absolute Gasteiger partial charge is 0.350 e. The molecule has 2 amide bonds. The Morgan fingerprint density at radius 3 is 2.10 bits per heavy atom. The third kappa shape index (κ3) is 5.91. The molecule has 1 rings (SSSR count). The van der Waals surface area contributed by atoms with E-state index in [4.69, 9.17) is 12.2 Å². The van der Waals surface area contributed by atoms with E-state index < -0.39 is 0 Å². The molecular formula is C15H21N3O2S. The molecule has 6 heteroatoms. The van der Waals surface area contributed by atoms with Crippen LogP contribution in [-0.2, 0) is 4.79 Å². The maximum Gasteiger partial charge on any atom is 0.251 e. The van der Waals surface area contributed by atoms with Crippen LogP contribution >= 0.6 is 12.2 Å². The van der Waals surface area contributed by atoms with Crippen molar-refractivity contribution in [3.63, 3.8) is 0 Å². The molecule has 0 saturated carbocycles. The second kappa shape index (κ2) is 7.73. The molecule has 1 aromatic rings. The molecule has 0 aliphatic heterocycles. The Kier molecular flexibility index (Phi) is 6.30. The standard InChI is InChI=1S/C15H21N3O2S/c1-9(2)13(19)18-15(21)17-12-7-5-11(6-8-12)14(20)16-10(3)4/h5-10H,1-4H3,(H,16,20)(H2,17,18,19,21). The average molecular weight is 307 g/mol. The van der Waals surface area contributed by atoms with E-state index in [-0.39, 0.29) is 28.9 Å². The highest BCUT2D eigenvalue weighted by molar-refractivity contribution is 7.80. The summed E-state index contributed by atoms with van der Waals surface area (Å²) in [5.41, 5.74) is 1.29. The molecular weight excluding hydrogens is 286 g/mol. The Morgan fingerprint density at radius 1 is 1.05 bits per heavy atom. The lowest BCUT2D eigenvalue weighted by atomic mass is 10.2. The molecule has 0 aliphatic carbocycles. The van der Waals surface area contributed by atoms with Crippen molar-refractivity contribution in [3.8, 4) is 0 Å². The first-order chi connectivity index (χ1) is 9.79. The minimum absolute atomic E-state index is 0.0918. The molecule has 0 saturated heterocycles. The molecule has 0 spiro atoms. The van der Waals surface area contributed by atoms with Crippen LogP contribution in [0.2, 0.25) is 0 Å². The fourth-order valence-electron chi connectivity index (χ4n) is 1.47. The second-order valence-corrected chi connectivity index (χ2v) is 5.71. The monoisotopic (exact) mass is 307 g/mol. The van der Waals surface area contributed by atoms with Crippen LogP contribution in [0.4, 0.5) is 5.69 Å². The Labute approximate surface area is 130 Å². The predicted molar refractivity (Wildman–Crippen MR) is 88.2 cm³/mol. The van der Waals surface area contributed by atoms with E-state index >= 15 is 0 Å². The Morgan fingerprint density at radius 2 is 1.62 bits per heavy atom. The third-order valence-corrected chi connectivity index (χ3v) is 2.79. The van der Waals surface area contributed by atoms with Gasteiger partial charge in [-0.25, -0.2) is 0 Å².